The van der Waals surface area contributed by atoms with Gasteiger partial charge in [-0.1, -0.05) is 52.7 Å². The van der Waals surface area contributed by atoms with Crippen LogP contribution in [0.4, 0.5) is 0 Å². The summed E-state index contributed by atoms with van der Waals surface area (Å²) in [7, 11) is -2.05. The quantitative estimate of drug-likeness (QED) is 0.307. The number of carbonyl (C=O) groups is 1. The Balaban J connectivity index is 3.14. The minimum Gasteiger partial charge on any atom is -0.409 e. The Hall–Kier alpha value is -1.10. The smallest absolute Gasteiger partial charge is 0.201 e. The molecule has 0 saturated carbocycles. The summed E-state index contributed by atoms with van der Waals surface area (Å²) in [6, 6.07) is -0.421. The molecule has 0 spiro atoms. The number of hydrogen-bond acceptors (Lipinski definition) is 3. The zero-order chi connectivity index (χ0) is 16.2. The van der Waals surface area contributed by atoms with E-state index in [1.165, 1.54) is 0 Å². The first-order valence-corrected chi connectivity index (χ1v) is 9.82. The highest BCUT2D eigenvalue weighted by molar-refractivity contribution is 6.77. The van der Waals surface area contributed by atoms with E-state index < -0.39 is 14.4 Å². The Morgan fingerprint density at radius 2 is 1.76 bits per heavy atom. The van der Waals surface area contributed by atoms with Crippen molar-refractivity contribution < 1.29 is 9.22 Å². The second-order valence-corrected chi connectivity index (χ2v) is 12.1. The number of ketones is 1. The molecule has 0 radical (unpaired) electrons. The summed E-state index contributed by atoms with van der Waals surface area (Å²) in [6.07, 6.45) is 3.30. The van der Waals surface area contributed by atoms with Crippen molar-refractivity contribution in [1.29, 1.82) is 0 Å². The van der Waals surface area contributed by atoms with Gasteiger partial charge in [-0.2, -0.15) is 0 Å². The normalized spacial score (nSPS) is 23.0. The third-order valence-electron chi connectivity index (χ3n) is 4.51. The van der Waals surface area contributed by atoms with Crippen molar-refractivity contribution in [3.05, 3.63) is 22.6 Å². The van der Waals surface area contributed by atoms with Crippen LogP contribution < -0.4 is 0 Å². The molecule has 0 unspecified atom stereocenters. The Bertz CT molecular complexity index is 432. The van der Waals surface area contributed by atoms with Gasteiger partial charge in [0.2, 0.25) is 8.32 Å². The van der Waals surface area contributed by atoms with Crippen LogP contribution in [0.2, 0.25) is 16.6 Å². The van der Waals surface area contributed by atoms with E-state index in [2.05, 4.69) is 51.6 Å². The van der Waals surface area contributed by atoms with Crippen molar-refractivity contribution in [3.8, 4) is 0 Å². The van der Waals surface area contributed by atoms with Gasteiger partial charge in [0.05, 0.1) is 12.1 Å². The van der Waals surface area contributed by atoms with Gasteiger partial charge in [-0.15, -0.1) is 0 Å². The molecule has 5 nitrogen and oxygen atoms in total. The molecule has 21 heavy (non-hydrogen) atoms. The van der Waals surface area contributed by atoms with Crippen LogP contribution in [-0.4, -0.2) is 26.2 Å². The molecule has 0 aromatic rings. The third-order valence-corrected chi connectivity index (χ3v) is 10.6. The minimum atomic E-state index is -2.05. The van der Waals surface area contributed by atoms with Crippen LogP contribution >= 0.6 is 0 Å². The van der Waals surface area contributed by atoms with Crippen LogP contribution in [0.1, 0.15) is 48.0 Å². The van der Waals surface area contributed by atoms with Gasteiger partial charge in [-0.25, -0.2) is 0 Å². The summed E-state index contributed by atoms with van der Waals surface area (Å²) in [4.78, 5) is 14.4. The molecule has 0 N–H and O–H groups in total. The van der Waals surface area contributed by atoms with Crippen LogP contribution in [0.3, 0.4) is 0 Å². The van der Waals surface area contributed by atoms with Crippen molar-refractivity contribution in [1.82, 2.24) is 0 Å². The number of hydrogen-bond donors (Lipinski definition) is 0. The summed E-state index contributed by atoms with van der Waals surface area (Å²) < 4.78 is 6.61. The fourth-order valence-corrected chi connectivity index (χ4v) is 9.18. The molecule has 0 fully saturated rings. The monoisotopic (exact) mass is 309 g/mol. The van der Waals surface area contributed by atoms with E-state index in [1.807, 2.05) is 0 Å². The van der Waals surface area contributed by atoms with Crippen molar-refractivity contribution in [2.75, 3.05) is 0 Å². The molecule has 2 atom stereocenters. The SMILES string of the molecule is CC(C)[Si](O[C@@H]1C=CC(=O)C[C@H]1N=[N+]=[N-])(C(C)C)C(C)C. The molecule has 1 rings (SSSR count). The number of carbonyl (C=O) groups excluding carboxylic acids is 1. The van der Waals surface area contributed by atoms with Crippen LogP contribution in [0.15, 0.2) is 17.3 Å². The topological polar surface area (TPSA) is 75.1 Å². The molecule has 118 valence electrons. The summed E-state index contributed by atoms with van der Waals surface area (Å²) >= 11 is 0. The van der Waals surface area contributed by atoms with Gasteiger partial charge in [0.25, 0.3) is 0 Å². The van der Waals surface area contributed by atoms with Gasteiger partial charge >= 0.3 is 0 Å². The lowest BCUT2D eigenvalue weighted by Gasteiger charge is -2.45. The van der Waals surface area contributed by atoms with Crippen molar-refractivity contribution >= 4 is 14.1 Å². The van der Waals surface area contributed by atoms with E-state index in [-0.39, 0.29) is 18.3 Å². The average Bonchev–Trinajstić information content (AvgIpc) is 2.37. The standard InChI is InChI=1S/C15H27N3O2Si/c1-10(2)21(11(3)4,12(5)6)20-15-8-7-13(19)9-14(15)17-18-16/h7-8,10-12,14-15H,9H2,1-6H3/t14-,15-/m1/s1. The summed E-state index contributed by atoms with van der Waals surface area (Å²) in [6.45, 7) is 13.3. The molecular weight excluding hydrogens is 282 g/mol. The van der Waals surface area contributed by atoms with Gasteiger partial charge < -0.3 is 4.43 Å². The lowest BCUT2D eigenvalue weighted by molar-refractivity contribution is -0.115. The molecule has 0 bridgehead atoms. The second-order valence-electron chi connectivity index (χ2n) is 6.70. The Kier molecular flexibility index (Phi) is 6.19. The fraction of sp³-hybridized carbons (Fsp3) is 0.800. The van der Waals surface area contributed by atoms with Crippen molar-refractivity contribution in [3.63, 3.8) is 0 Å². The highest BCUT2D eigenvalue weighted by Gasteiger charge is 2.47. The van der Waals surface area contributed by atoms with Gasteiger partial charge in [-0.05, 0) is 28.2 Å². The molecule has 0 heterocycles. The van der Waals surface area contributed by atoms with Gasteiger partial charge in [-0.3, -0.25) is 4.79 Å². The van der Waals surface area contributed by atoms with E-state index in [4.69, 9.17) is 9.96 Å². The van der Waals surface area contributed by atoms with E-state index in [0.717, 1.165) is 0 Å². The molecule has 1 aliphatic rings. The lowest BCUT2D eigenvalue weighted by Crippen LogP contribution is -2.52. The second kappa shape index (κ2) is 7.25. The molecule has 0 saturated heterocycles. The molecule has 0 amide bonds. The van der Waals surface area contributed by atoms with Crippen LogP contribution in [0.5, 0.6) is 0 Å². The molecule has 0 aliphatic heterocycles. The Morgan fingerprint density at radius 1 is 1.24 bits per heavy atom. The summed E-state index contributed by atoms with van der Waals surface area (Å²) in [5, 5.41) is 3.78. The highest BCUT2D eigenvalue weighted by atomic mass is 28.4. The first-order chi connectivity index (χ1) is 9.75. The maximum absolute atomic E-state index is 11.5. The molecule has 6 heteroatoms. The van der Waals surface area contributed by atoms with Crippen molar-refractivity contribution in [2.45, 2.75) is 76.7 Å². The zero-order valence-corrected chi connectivity index (χ0v) is 14.9. The number of azide groups is 1. The van der Waals surface area contributed by atoms with Crippen molar-refractivity contribution in [2.24, 2.45) is 5.11 Å². The first-order valence-electron chi connectivity index (χ1n) is 7.68. The van der Waals surface area contributed by atoms with E-state index in [0.29, 0.717) is 16.6 Å². The first kappa shape index (κ1) is 17.9. The zero-order valence-electron chi connectivity index (χ0n) is 13.9. The number of rotatable bonds is 6. The predicted molar refractivity (Wildman–Crippen MR) is 87.6 cm³/mol. The van der Waals surface area contributed by atoms with E-state index >= 15 is 0 Å². The molecule has 0 aromatic heterocycles. The van der Waals surface area contributed by atoms with Crippen LogP contribution in [0.25, 0.3) is 10.4 Å². The van der Waals surface area contributed by atoms with Gasteiger partial charge in [0.15, 0.2) is 5.78 Å². The predicted octanol–water partition coefficient (Wildman–Crippen LogP) is 4.76. The Morgan fingerprint density at radius 3 is 2.19 bits per heavy atom. The summed E-state index contributed by atoms with van der Waals surface area (Å²) in [5.41, 5.74) is 10.1. The molecule has 1 aliphatic carbocycles. The summed E-state index contributed by atoms with van der Waals surface area (Å²) in [5.74, 6) is -0.00171. The highest BCUT2D eigenvalue weighted by Crippen LogP contribution is 2.44. The molecular formula is C15H27N3O2Si. The van der Waals surface area contributed by atoms with Crippen LogP contribution in [-0.2, 0) is 9.22 Å². The number of allylic oxidation sites excluding steroid dienone is 1. The fourth-order valence-electron chi connectivity index (χ4n) is 3.66. The van der Waals surface area contributed by atoms with Crippen LogP contribution in [0, 0.1) is 0 Å². The van der Waals surface area contributed by atoms with E-state index in [1.54, 1.807) is 12.2 Å². The Labute approximate surface area is 128 Å². The van der Waals surface area contributed by atoms with Gasteiger partial charge in [0.1, 0.15) is 0 Å². The maximum Gasteiger partial charge on any atom is 0.201 e. The third kappa shape index (κ3) is 3.76. The molecule has 0 aromatic carbocycles. The average molecular weight is 309 g/mol. The minimum absolute atomic E-state index is 0.00171. The largest absolute Gasteiger partial charge is 0.409 e. The maximum atomic E-state index is 11.5. The van der Waals surface area contributed by atoms with Gasteiger partial charge in [0, 0.05) is 11.3 Å². The number of nitrogens with zero attached hydrogens (tertiary/aromatic N) is 3. The lowest BCUT2D eigenvalue weighted by atomic mass is 9.99. The van der Waals surface area contributed by atoms with E-state index in [9.17, 15) is 4.79 Å².